The van der Waals surface area contributed by atoms with Crippen LogP contribution in [0.3, 0.4) is 0 Å². The van der Waals surface area contributed by atoms with Gasteiger partial charge in [-0.25, -0.2) is 0 Å². The molecular weight excluding hydrogens is 495 g/mol. The van der Waals surface area contributed by atoms with Crippen molar-refractivity contribution in [2.45, 2.75) is 29.9 Å². The topological polar surface area (TPSA) is 100.0 Å². The molecule has 2 N–H and O–H groups in total. The minimum Gasteiger partial charge on any atom is -0.387 e. The maximum Gasteiger partial charge on any atom is 0.359 e. The zero-order chi connectivity index (χ0) is 25.9. The molecule has 0 spiro atoms. The highest BCUT2D eigenvalue weighted by atomic mass is 32.2. The maximum absolute atomic E-state index is 11.5. The van der Waals surface area contributed by atoms with E-state index in [1.54, 1.807) is 18.2 Å². The van der Waals surface area contributed by atoms with Crippen LogP contribution in [0.25, 0.3) is 10.9 Å². The van der Waals surface area contributed by atoms with Crippen LogP contribution in [0.5, 0.6) is 0 Å². The van der Waals surface area contributed by atoms with Gasteiger partial charge in [-0.2, -0.15) is 0 Å². The second-order valence-corrected chi connectivity index (χ2v) is 12.5. The number of hydrogen-bond donors (Lipinski definition) is 2. The highest BCUT2D eigenvalue weighted by Gasteiger charge is 2.42. The molecule has 7 nitrogen and oxygen atoms in total. The van der Waals surface area contributed by atoms with E-state index in [1.165, 1.54) is 18.7 Å². The van der Waals surface area contributed by atoms with Gasteiger partial charge in [-0.3, -0.25) is 18.7 Å². The summed E-state index contributed by atoms with van der Waals surface area (Å²) < 4.78 is 27.3. The Morgan fingerprint density at radius 2 is 1.94 bits per heavy atom. The molecule has 7 atom stereocenters. The molecule has 4 heterocycles. The number of nitrogens with zero attached hydrogens (tertiary/aromatic N) is 2. The Morgan fingerprint density at radius 1 is 1.22 bits per heavy atom. The molecule has 0 amide bonds. The predicted molar refractivity (Wildman–Crippen MR) is 144 cm³/mol. The van der Waals surface area contributed by atoms with E-state index in [-0.39, 0.29) is 11.3 Å². The third kappa shape index (κ3) is 5.54. The van der Waals surface area contributed by atoms with E-state index in [1.807, 2.05) is 30.5 Å². The number of aromatic nitrogens is 1. The molecule has 0 radical (unpaired) electrons. The maximum atomic E-state index is 11.5. The SMILES string of the molecule is C=C[C@H]1CN2CC[C@H]1C[C@@H]2[C@@H](O)c1ccnc2ccccc12.COP(=O)(O)c1ccccc1[S@@](C)=O. The van der Waals surface area contributed by atoms with Gasteiger partial charge in [0.15, 0.2) is 0 Å². The molecule has 9 heteroatoms. The van der Waals surface area contributed by atoms with Crippen LogP contribution in [0.2, 0.25) is 0 Å². The van der Waals surface area contributed by atoms with Crippen LogP contribution in [0.4, 0.5) is 0 Å². The average Bonchev–Trinajstić information content (AvgIpc) is 2.92. The van der Waals surface area contributed by atoms with Gasteiger partial charge in [0, 0.05) is 37.5 Å². The number of aliphatic hydroxyl groups excluding tert-OH is 1. The molecule has 2 aromatic carbocycles. The highest BCUT2D eigenvalue weighted by molar-refractivity contribution is 7.85. The van der Waals surface area contributed by atoms with Gasteiger partial charge >= 0.3 is 7.60 Å². The van der Waals surface area contributed by atoms with Crippen molar-refractivity contribution in [1.82, 2.24) is 9.88 Å². The van der Waals surface area contributed by atoms with E-state index in [0.29, 0.717) is 16.7 Å². The van der Waals surface area contributed by atoms with E-state index < -0.39 is 24.5 Å². The van der Waals surface area contributed by atoms with E-state index in [2.05, 4.69) is 33.1 Å². The van der Waals surface area contributed by atoms with Crippen LogP contribution in [-0.4, -0.2) is 56.6 Å². The monoisotopic (exact) mass is 528 g/mol. The standard InChI is InChI=1S/C19H22N2O.C8H11O4PS/c1-2-13-12-21-10-8-14(13)11-18(21)19(22)16-7-9-20-17-6-4-3-5-15(16)17;1-12-13(9,10)7-5-3-4-6-8(7)14(2)11/h2-7,9,13-14,18-19,22H,1,8,10-12H2;3-6H,1-2H3,(H,9,10)/t13-,14-,18+,19-;14-/m01/s1. The molecule has 3 aliphatic rings. The van der Waals surface area contributed by atoms with Crippen molar-refractivity contribution < 1.29 is 23.3 Å². The number of hydrogen-bond acceptors (Lipinski definition) is 6. The first kappa shape index (κ1) is 26.9. The number of benzene rings is 2. The zero-order valence-electron chi connectivity index (χ0n) is 20.6. The van der Waals surface area contributed by atoms with Crippen molar-refractivity contribution in [3.63, 3.8) is 0 Å². The number of pyridine rings is 1. The second-order valence-electron chi connectivity index (χ2n) is 9.23. The minimum atomic E-state index is -3.81. The molecule has 2 unspecified atom stereocenters. The molecular formula is C27H33N2O5PS. The van der Waals surface area contributed by atoms with Crippen molar-refractivity contribution in [2.75, 3.05) is 26.5 Å². The van der Waals surface area contributed by atoms with Gasteiger partial charge in [-0.15, -0.1) is 6.58 Å². The van der Waals surface area contributed by atoms with Gasteiger partial charge in [0.1, 0.15) is 0 Å². The van der Waals surface area contributed by atoms with Crippen LogP contribution in [-0.2, 0) is 19.9 Å². The number of piperidine rings is 3. The number of aliphatic hydroxyl groups is 1. The van der Waals surface area contributed by atoms with Crippen LogP contribution in [0.1, 0.15) is 24.5 Å². The predicted octanol–water partition coefficient (Wildman–Crippen LogP) is 4.05. The fourth-order valence-corrected chi connectivity index (χ4v) is 7.51. The van der Waals surface area contributed by atoms with Gasteiger partial charge in [0.25, 0.3) is 0 Å². The Hall–Kier alpha value is -2.19. The van der Waals surface area contributed by atoms with Crippen molar-refractivity contribution >= 4 is 34.6 Å². The van der Waals surface area contributed by atoms with Gasteiger partial charge in [0.2, 0.25) is 0 Å². The molecule has 2 bridgehead atoms. The molecule has 3 aromatic rings. The summed E-state index contributed by atoms with van der Waals surface area (Å²) >= 11 is 0. The smallest absolute Gasteiger partial charge is 0.359 e. The zero-order valence-corrected chi connectivity index (χ0v) is 22.3. The largest absolute Gasteiger partial charge is 0.387 e. The molecule has 1 aromatic heterocycles. The van der Waals surface area contributed by atoms with E-state index in [0.717, 1.165) is 43.1 Å². The van der Waals surface area contributed by atoms with Gasteiger partial charge in [-0.1, -0.05) is 36.4 Å². The van der Waals surface area contributed by atoms with Crippen molar-refractivity contribution in [2.24, 2.45) is 11.8 Å². The van der Waals surface area contributed by atoms with Crippen molar-refractivity contribution in [3.8, 4) is 0 Å². The lowest BCUT2D eigenvalue weighted by atomic mass is 9.73. The first-order valence-corrected chi connectivity index (χ1v) is 15.1. The van der Waals surface area contributed by atoms with Crippen molar-refractivity contribution in [1.29, 1.82) is 0 Å². The third-order valence-electron chi connectivity index (χ3n) is 7.25. The Kier molecular flexibility index (Phi) is 8.56. The van der Waals surface area contributed by atoms with E-state index >= 15 is 0 Å². The van der Waals surface area contributed by atoms with Crippen LogP contribution >= 0.6 is 7.60 Å². The van der Waals surface area contributed by atoms with Gasteiger partial charge in [0.05, 0.1) is 32.6 Å². The lowest BCUT2D eigenvalue weighted by Gasteiger charge is -2.50. The first-order chi connectivity index (χ1) is 17.3. The number of para-hydroxylation sites is 1. The molecule has 3 fully saturated rings. The first-order valence-electron chi connectivity index (χ1n) is 12.0. The quantitative estimate of drug-likeness (QED) is 0.368. The normalized spacial score (nSPS) is 26.3. The molecule has 3 aliphatic heterocycles. The second kappa shape index (κ2) is 11.5. The summed E-state index contributed by atoms with van der Waals surface area (Å²) in [4.78, 5) is 16.6. The summed E-state index contributed by atoms with van der Waals surface area (Å²) in [5.41, 5.74) is 1.97. The summed E-state index contributed by atoms with van der Waals surface area (Å²) in [5, 5.41) is 12.2. The molecule has 36 heavy (non-hydrogen) atoms. The summed E-state index contributed by atoms with van der Waals surface area (Å²) in [6.45, 7) is 6.11. The molecule has 6 rings (SSSR count). The lowest BCUT2D eigenvalue weighted by molar-refractivity contribution is -0.0444. The fraction of sp³-hybridized carbons (Fsp3) is 0.370. The Morgan fingerprint density at radius 3 is 2.61 bits per heavy atom. The molecule has 0 aliphatic carbocycles. The van der Waals surface area contributed by atoms with E-state index in [9.17, 15) is 18.8 Å². The fourth-order valence-electron chi connectivity index (χ4n) is 5.32. The Balaban J connectivity index is 0.000000189. The van der Waals surface area contributed by atoms with Gasteiger partial charge < -0.3 is 14.5 Å². The lowest BCUT2D eigenvalue weighted by Crippen LogP contribution is -2.54. The highest BCUT2D eigenvalue weighted by Crippen LogP contribution is 2.42. The summed E-state index contributed by atoms with van der Waals surface area (Å²) in [7, 11) is -3.96. The van der Waals surface area contributed by atoms with Crippen LogP contribution in [0.15, 0.2) is 78.3 Å². The average molecular weight is 529 g/mol. The van der Waals surface area contributed by atoms with E-state index in [4.69, 9.17) is 0 Å². The summed E-state index contributed by atoms with van der Waals surface area (Å²) in [6.07, 6.45) is 7.21. The molecule has 3 saturated heterocycles. The number of fused-ring (bicyclic) bond motifs is 4. The minimum absolute atomic E-state index is 0.100. The van der Waals surface area contributed by atoms with Crippen LogP contribution in [0, 0.1) is 11.8 Å². The Labute approximate surface area is 214 Å². The van der Waals surface area contributed by atoms with Crippen molar-refractivity contribution in [3.05, 3.63) is 79.0 Å². The molecule has 192 valence electrons. The Bertz CT molecular complexity index is 1300. The molecule has 0 saturated carbocycles. The van der Waals surface area contributed by atoms with Gasteiger partial charge in [-0.05, 0) is 61.1 Å². The number of rotatable bonds is 6. The third-order valence-corrected chi connectivity index (χ3v) is 9.87. The van der Waals surface area contributed by atoms with Crippen LogP contribution < -0.4 is 5.30 Å². The summed E-state index contributed by atoms with van der Waals surface area (Å²) in [6, 6.07) is 16.5. The summed E-state index contributed by atoms with van der Waals surface area (Å²) in [5.74, 6) is 1.27.